The highest BCUT2D eigenvalue weighted by Gasteiger charge is 2.20. The predicted molar refractivity (Wildman–Crippen MR) is 92.8 cm³/mol. The Morgan fingerprint density at radius 3 is 2.33 bits per heavy atom. The maximum atomic E-state index is 9.28. The molecule has 0 amide bonds. The highest BCUT2D eigenvalue weighted by Crippen LogP contribution is 2.44. The number of methoxy groups -OCH3 is 3. The van der Waals surface area contributed by atoms with Crippen molar-refractivity contribution in [3.05, 3.63) is 41.5 Å². The van der Waals surface area contributed by atoms with Gasteiger partial charge in [-0.15, -0.1) is 0 Å². The molecule has 24 heavy (non-hydrogen) atoms. The van der Waals surface area contributed by atoms with Gasteiger partial charge in [0.2, 0.25) is 5.75 Å². The van der Waals surface area contributed by atoms with Crippen LogP contribution in [-0.2, 0) is 6.42 Å². The van der Waals surface area contributed by atoms with Crippen molar-refractivity contribution < 1.29 is 19.4 Å². The summed E-state index contributed by atoms with van der Waals surface area (Å²) in [5, 5.41) is 12.7. The molecule has 0 unspecified atom stereocenters. The third-order valence-corrected chi connectivity index (χ3v) is 4.42. The average Bonchev–Trinajstić information content (AvgIpc) is 2.65. The van der Waals surface area contributed by atoms with Crippen LogP contribution in [0.4, 0.5) is 0 Å². The first kappa shape index (κ1) is 16.2. The molecule has 0 radical (unpaired) electrons. The van der Waals surface area contributed by atoms with E-state index in [-0.39, 0.29) is 0 Å². The van der Waals surface area contributed by atoms with Gasteiger partial charge in [0.1, 0.15) is 0 Å². The Balaban J connectivity index is 2.16. The summed E-state index contributed by atoms with van der Waals surface area (Å²) in [7, 11) is 4.80. The Labute approximate surface area is 141 Å². The summed E-state index contributed by atoms with van der Waals surface area (Å²) in [6.45, 7) is 0. The van der Waals surface area contributed by atoms with Crippen molar-refractivity contribution in [2.45, 2.75) is 19.3 Å². The largest absolute Gasteiger partial charge is 0.493 e. The van der Waals surface area contributed by atoms with Crippen molar-refractivity contribution in [2.24, 2.45) is 5.16 Å². The number of oxime groups is 1. The fourth-order valence-corrected chi connectivity index (χ4v) is 3.24. The summed E-state index contributed by atoms with van der Waals surface area (Å²) in [6.07, 6.45) is 2.79. The first-order chi connectivity index (χ1) is 11.7. The van der Waals surface area contributed by atoms with Crippen molar-refractivity contribution in [3.63, 3.8) is 0 Å². The normalized spacial score (nSPS) is 15.0. The maximum absolute atomic E-state index is 9.28. The molecule has 0 heterocycles. The monoisotopic (exact) mass is 327 g/mol. The number of hydrogen-bond acceptors (Lipinski definition) is 5. The lowest BCUT2D eigenvalue weighted by Crippen LogP contribution is -2.12. The van der Waals surface area contributed by atoms with Gasteiger partial charge in [-0.3, -0.25) is 0 Å². The maximum Gasteiger partial charge on any atom is 0.203 e. The lowest BCUT2D eigenvalue weighted by molar-refractivity contribution is 0.317. The molecule has 0 aromatic heterocycles. The van der Waals surface area contributed by atoms with Gasteiger partial charge in [0.05, 0.1) is 27.0 Å². The van der Waals surface area contributed by atoms with Crippen LogP contribution in [-0.4, -0.2) is 32.2 Å². The molecule has 0 bridgehead atoms. The van der Waals surface area contributed by atoms with Crippen molar-refractivity contribution >= 4 is 5.71 Å². The SMILES string of the molecule is COc1ccc(-c2ccc3c(c2)/C(=N/O)CCC3)c(OC)c1OC. The highest BCUT2D eigenvalue weighted by atomic mass is 16.5. The van der Waals surface area contributed by atoms with Crippen LogP contribution in [0.2, 0.25) is 0 Å². The van der Waals surface area contributed by atoms with Crippen LogP contribution in [0.15, 0.2) is 35.5 Å². The smallest absolute Gasteiger partial charge is 0.203 e. The first-order valence-electron chi connectivity index (χ1n) is 7.87. The van der Waals surface area contributed by atoms with Crippen LogP contribution in [0.5, 0.6) is 17.2 Å². The van der Waals surface area contributed by atoms with Gasteiger partial charge in [0, 0.05) is 11.1 Å². The van der Waals surface area contributed by atoms with Gasteiger partial charge in [-0.2, -0.15) is 0 Å². The molecule has 0 aliphatic heterocycles. The molecule has 126 valence electrons. The fourth-order valence-electron chi connectivity index (χ4n) is 3.24. The second kappa shape index (κ2) is 6.83. The molecule has 3 rings (SSSR count). The number of benzene rings is 2. The highest BCUT2D eigenvalue weighted by molar-refractivity contribution is 6.03. The molecule has 0 fully saturated rings. The molecule has 1 aliphatic carbocycles. The van der Waals surface area contributed by atoms with Gasteiger partial charge in [0.15, 0.2) is 11.5 Å². The van der Waals surface area contributed by atoms with E-state index in [1.54, 1.807) is 21.3 Å². The Hall–Kier alpha value is -2.69. The van der Waals surface area contributed by atoms with Gasteiger partial charge in [0.25, 0.3) is 0 Å². The standard InChI is InChI=1S/C19H21NO4/c1-22-17-10-9-14(18(23-2)19(17)24-3)13-8-7-12-5-4-6-16(20-21)15(12)11-13/h7-11,21H,4-6H2,1-3H3/b20-16+. The number of nitrogens with zero attached hydrogens (tertiary/aromatic N) is 1. The van der Waals surface area contributed by atoms with Crippen molar-refractivity contribution in [1.29, 1.82) is 0 Å². The van der Waals surface area contributed by atoms with E-state index in [1.165, 1.54) is 5.56 Å². The van der Waals surface area contributed by atoms with E-state index < -0.39 is 0 Å². The van der Waals surface area contributed by atoms with E-state index >= 15 is 0 Å². The van der Waals surface area contributed by atoms with Crippen molar-refractivity contribution in [2.75, 3.05) is 21.3 Å². The molecule has 5 nitrogen and oxygen atoms in total. The van der Waals surface area contributed by atoms with E-state index in [9.17, 15) is 5.21 Å². The zero-order valence-electron chi connectivity index (χ0n) is 14.1. The average molecular weight is 327 g/mol. The van der Waals surface area contributed by atoms with Gasteiger partial charge in [-0.25, -0.2) is 0 Å². The molecular weight excluding hydrogens is 306 g/mol. The summed E-state index contributed by atoms with van der Waals surface area (Å²) in [6, 6.07) is 10.00. The molecule has 0 saturated heterocycles. The second-order valence-corrected chi connectivity index (χ2v) is 5.65. The van der Waals surface area contributed by atoms with Crippen LogP contribution < -0.4 is 14.2 Å². The number of ether oxygens (including phenoxy) is 3. The van der Waals surface area contributed by atoms with Gasteiger partial charge < -0.3 is 19.4 Å². The topological polar surface area (TPSA) is 60.3 Å². The summed E-state index contributed by atoms with van der Waals surface area (Å²) < 4.78 is 16.4. The van der Waals surface area contributed by atoms with E-state index in [2.05, 4.69) is 17.3 Å². The molecule has 0 spiro atoms. The summed E-state index contributed by atoms with van der Waals surface area (Å²) in [4.78, 5) is 0. The minimum Gasteiger partial charge on any atom is -0.493 e. The molecule has 5 heteroatoms. The van der Waals surface area contributed by atoms with Crippen LogP contribution in [0, 0.1) is 0 Å². The van der Waals surface area contributed by atoms with Crippen LogP contribution in [0.25, 0.3) is 11.1 Å². The minimum absolute atomic E-state index is 0.561. The van der Waals surface area contributed by atoms with E-state index in [4.69, 9.17) is 14.2 Å². The molecule has 0 saturated carbocycles. The zero-order chi connectivity index (χ0) is 17.1. The lowest BCUT2D eigenvalue weighted by Gasteiger charge is -2.20. The van der Waals surface area contributed by atoms with Crippen LogP contribution in [0.3, 0.4) is 0 Å². The minimum atomic E-state index is 0.561. The fraction of sp³-hybridized carbons (Fsp3) is 0.316. The summed E-state index contributed by atoms with van der Waals surface area (Å²) in [5.74, 6) is 1.80. The Kier molecular flexibility index (Phi) is 4.60. The van der Waals surface area contributed by atoms with Crippen LogP contribution >= 0.6 is 0 Å². The molecule has 2 aromatic carbocycles. The first-order valence-corrected chi connectivity index (χ1v) is 7.87. The third kappa shape index (κ3) is 2.66. The Morgan fingerprint density at radius 2 is 1.67 bits per heavy atom. The summed E-state index contributed by atoms with van der Waals surface area (Å²) >= 11 is 0. The van der Waals surface area contributed by atoms with E-state index in [1.807, 2.05) is 18.2 Å². The lowest BCUT2D eigenvalue weighted by atomic mass is 9.87. The van der Waals surface area contributed by atoms with Gasteiger partial charge in [-0.1, -0.05) is 17.3 Å². The van der Waals surface area contributed by atoms with Gasteiger partial charge in [-0.05, 0) is 48.6 Å². The number of aryl methyl sites for hydroxylation is 1. The number of hydrogen-bond donors (Lipinski definition) is 1. The van der Waals surface area contributed by atoms with Crippen LogP contribution in [0.1, 0.15) is 24.0 Å². The summed E-state index contributed by atoms with van der Waals surface area (Å²) in [5.41, 5.74) is 4.82. The molecule has 1 aliphatic rings. The third-order valence-electron chi connectivity index (χ3n) is 4.42. The quantitative estimate of drug-likeness (QED) is 0.683. The molecular formula is C19H21NO4. The number of fused-ring (bicyclic) bond motifs is 1. The van der Waals surface area contributed by atoms with Crippen molar-refractivity contribution in [1.82, 2.24) is 0 Å². The second-order valence-electron chi connectivity index (χ2n) is 5.65. The van der Waals surface area contributed by atoms with Gasteiger partial charge >= 0.3 is 0 Å². The van der Waals surface area contributed by atoms with Crippen molar-refractivity contribution in [3.8, 4) is 28.4 Å². The number of rotatable bonds is 4. The molecule has 2 aromatic rings. The Morgan fingerprint density at radius 1 is 0.875 bits per heavy atom. The van der Waals surface area contributed by atoms with E-state index in [0.717, 1.165) is 41.7 Å². The Bertz CT molecular complexity index is 783. The molecule has 0 atom stereocenters. The molecule has 1 N–H and O–H groups in total. The zero-order valence-corrected chi connectivity index (χ0v) is 14.1. The predicted octanol–water partition coefficient (Wildman–Crippen LogP) is 3.89. The van der Waals surface area contributed by atoms with E-state index in [0.29, 0.717) is 17.2 Å².